The normalized spacial score (nSPS) is 15.5. The Morgan fingerprint density at radius 1 is 1.24 bits per heavy atom. The summed E-state index contributed by atoms with van der Waals surface area (Å²) in [6, 6.07) is 10.2. The molecule has 1 amide bonds. The van der Waals surface area contributed by atoms with Crippen molar-refractivity contribution in [1.29, 1.82) is 0 Å². The van der Waals surface area contributed by atoms with Crippen LogP contribution < -0.4 is 4.74 Å². The second-order valence-corrected chi connectivity index (χ2v) is 8.05. The standard InChI is InChI=1S/C22H17ClN8O3/c1-33-13-5-6-15(24-10-13)20-27-28-21(34-20)22(32)30-8-7-14-18(26-11-25-14)19(30)16-9-12-3-2-4-17(23)31(12)29-16/h2-6,9-11,19H,7-8H2,1H3,(H,25,26). The molecule has 0 saturated heterocycles. The summed E-state index contributed by atoms with van der Waals surface area (Å²) in [5.74, 6) is 0.171. The first kappa shape index (κ1) is 20.4. The van der Waals surface area contributed by atoms with Gasteiger partial charge in [0.25, 0.3) is 5.89 Å². The van der Waals surface area contributed by atoms with E-state index in [0.717, 1.165) is 16.9 Å². The number of methoxy groups -OCH3 is 1. The zero-order valence-corrected chi connectivity index (χ0v) is 18.6. The molecule has 0 spiro atoms. The van der Waals surface area contributed by atoms with Crippen molar-refractivity contribution in [2.24, 2.45) is 0 Å². The first-order valence-electron chi connectivity index (χ1n) is 10.4. The molecule has 0 saturated carbocycles. The van der Waals surface area contributed by atoms with Gasteiger partial charge in [-0.3, -0.25) is 4.79 Å². The molecule has 0 aromatic carbocycles. The Hall–Kier alpha value is -4.25. The van der Waals surface area contributed by atoms with E-state index in [4.69, 9.17) is 20.8 Å². The molecule has 5 aromatic heterocycles. The van der Waals surface area contributed by atoms with Gasteiger partial charge in [0.05, 0.1) is 36.5 Å². The van der Waals surface area contributed by atoms with Gasteiger partial charge in [-0.05, 0) is 30.3 Å². The summed E-state index contributed by atoms with van der Waals surface area (Å²) in [5, 5.41) is 13.1. The molecule has 0 fully saturated rings. The molecule has 0 aliphatic carbocycles. The largest absolute Gasteiger partial charge is 0.495 e. The maximum atomic E-state index is 13.5. The zero-order chi connectivity index (χ0) is 23.2. The van der Waals surface area contributed by atoms with E-state index in [2.05, 4.69) is 30.2 Å². The number of carbonyl (C=O) groups excluding carboxylic acids is 1. The number of hydrogen-bond acceptors (Lipinski definition) is 8. The second-order valence-electron chi connectivity index (χ2n) is 7.67. The van der Waals surface area contributed by atoms with Crippen molar-refractivity contribution >= 4 is 23.0 Å². The summed E-state index contributed by atoms with van der Waals surface area (Å²) in [7, 11) is 1.55. The third-order valence-electron chi connectivity index (χ3n) is 5.72. The van der Waals surface area contributed by atoms with Gasteiger partial charge in [0.1, 0.15) is 22.6 Å². The van der Waals surface area contributed by atoms with E-state index in [1.165, 1.54) is 6.20 Å². The number of pyridine rings is 2. The molecular weight excluding hydrogens is 460 g/mol. The van der Waals surface area contributed by atoms with Gasteiger partial charge in [0.2, 0.25) is 0 Å². The molecule has 1 aliphatic heterocycles. The smallest absolute Gasteiger partial charge is 0.312 e. The quantitative estimate of drug-likeness (QED) is 0.392. The van der Waals surface area contributed by atoms with E-state index < -0.39 is 11.9 Å². The number of imidazole rings is 1. The number of nitrogens with zero attached hydrogens (tertiary/aromatic N) is 7. The number of rotatable bonds is 4. The molecule has 1 aliphatic rings. The minimum absolute atomic E-state index is 0.138. The number of carbonyl (C=O) groups is 1. The Kier molecular flexibility index (Phi) is 4.77. The monoisotopic (exact) mass is 476 g/mol. The van der Waals surface area contributed by atoms with Gasteiger partial charge in [-0.15, -0.1) is 10.2 Å². The predicted molar refractivity (Wildman–Crippen MR) is 119 cm³/mol. The van der Waals surface area contributed by atoms with Crippen LogP contribution in [0.5, 0.6) is 5.75 Å². The highest BCUT2D eigenvalue weighted by atomic mass is 35.5. The Bertz CT molecular complexity index is 1510. The summed E-state index contributed by atoms with van der Waals surface area (Å²) >= 11 is 6.31. The Labute approximate surface area is 197 Å². The lowest BCUT2D eigenvalue weighted by atomic mass is 9.99. The number of H-pyrrole nitrogens is 1. The summed E-state index contributed by atoms with van der Waals surface area (Å²) in [6.07, 6.45) is 3.76. The van der Waals surface area contributed by atoms with E-state index in [9.17, 15) is 4.79 Å². The molecule has 6 rings (SSSR count). The number of aromatic nitrogens is 7. The fourth-order valence-electron chi connectivity index (χ4n) is 4.09. The number of halogens is 1. The number of nitrogens with one attached hydrogen (secondary N) is 1. The van der Waals surface area contributed by atoms with Crippen molar-refractivity contribution in [1.82, 2.24) is 39.7 Å². The Morgan fingerprint density at radius 3 is 2.94 bits per heavy atom. The van der Waals surface area contributed by atoms with Crippen LogP contribution in [0, 0.1) is 0 Å². The molecule has 1 N–H and O–H groups in total. The number of aromatic amines is 1. The van der Waals surface area contributed by atoms with Crippen LogP contribution in [-0.2, 0) is 6.42 Å². The van der Waals surface area contributed by atoms with E-state index in [0.29, 0.717) is 35.3 Å². The lowest BCUT2D eigenvalue weighted by molar-refractivity contribution is 0.0646. The molecular formula is C22H17ClN8O3. The molecule has 1 atom stereocenters. The van der Waals surface area contributed by atoms with Gasteiger partial charge in [-0.2, -0.15) is 5.10 Å². The van der Waals surface area contributed by atoms with Crippen LogP contribution in [0.1, 0.15) is 33.8 Å². The second kappa shape index (κ2) is 7.96. The third-order valence-corrected chi connectivity index (χ3v) is 6.01. The molecule has 170 valence electrons. The lowest BCUT2D eigenvalue weighted by Gasteiger charge is -2.32. The fourth-order valence-corrected chi connectivity index (χ4v) is 4.30. The number of amides is 1. The van der Waals surface area contributed by atoms with E-state index >= 15 is 0 Å². The van der Waals surface area contributed by atoms with Gasteiger partial charge in [0, 0.05) is 18.7 Å². The van der Waals surface area contributed by atoms with Gasteiger partial charge in [-0.1, -0.05) is 17.7 Å². The fraction of sp³-hybridized carbons (Fsp3) is 0.182. The van der Waals surface area contributed by atoms with Crippen LogP contribution in [0.15, 0.2) is 53.3 Å². The summed E-state index contributed by atoms with van der Waals surface area (Å²) in [5.41, 5.74) is 3.54. The van der Waals surface area contributed by atoms with Crippen LogP contribution in [0.2, 0.25) is 5.15 Å². The summed E-state index contributed by atoms with van der Waals surface area (Å²) in [6.45, 7) is 0.415. The van der Waals surface area contributed by atoms with Gasteiger partial charge < -0.3 is 19.0 Å². The van der Waals surface area contributed by atoms with Gasteiger partial charge >= 0.3 is 11.8 Å². The number of hydrogen-bond donors (Lipinski definition) is 1. The molecule has 11 nitrogen and oxygen atoms in total. The van der Waals surface area contributed by atoms with Gasteiger partial charge in [-0.25, -0.2) is 14.5 Å². The molecule has 0 radical (unpaired) electrons. The van der Waals surface area contributed by atoms with Gasteiger partial charge in [0.15, 0.2) is 0 Å². The number of ether oxygens (including phenoxy) is 1. The maximum absolute atomic E-state index is 13.5. The number of fused-ring (bicyclic) bond motifs is 2. The van der Waals surface area contributed by atoms with Crippen molar-refractivity contribution in [3.8, 4) is 17.3 Å². The van der Waals surface area contributed by atoms with Crippen LogP contribution in [0.3, 0.4) is 0 Å². The molecule has 1 unspecified atom stereocenters. The highest BCUT2D eigenvalue weighted by molar-refractivity contribution is 6.29. The van der Waals surface area contributed by atoms with Crippen molar-refractivity contribution in [3.63, 3.8) is 0 Å². The van der Waals surface area contributed by atoms with E-state index in [1.807, 2.05) is 18.2 Å². The molecule has 6 heterocycles. The van der Waals surface area contributed by atoms with Crippen LogP contribution in [-0.4, -0.2) is 59.2 Å². The van der Waals surface area contributed by atoms with E-state index in [-0.39, 0.29) is 11.8 Å². The average Bonchev–Trinajstić information content (AvgIpc) is 3.62. The maximum Gasteiger partial charge on any atom is 0.312 e. The first-order chi connectivity index (χ1) is 16.6. The predicted octanol–water partition coefficient (Wildman–Crippen LogP) is 2.95. The highest BCUT2D eigenvalue weighted by Gasteiger charge is 2.38. The molecule has 34 heavy (non-hydrogen) atoms. The topological polar surface area (TPSA) is 127 Å². The van der Waals surface area contributed by atoms with Crippen LogP contribution in [0.4, 0.5) is 0 Å². The molecule has 0 bridgehead atoms. The summed E-state index contributed by atoms with van der Waals surface area (Å²) in [4.78, 5) is 27.0. The average molecular weight is 477 g/mol. The van der Waals surface area contributed by atoms with Crippen molar-refractivity contribution in [2.75, 3.05) is 13.7 Å². The summed E-state index contributed by atoms with van der Waals surface area (Å²) < 4.78 is 12.4. The molecule has 5 aromatic rings. The van der Waals surface area contributed by atoms with Crippen molar-refractivity contribution in [3.05, 3.63) is 77.0 Å². The minimum atomic E-state index is -0.548. The lowest BCUT2D eigenvalue weighted by Crippen LogP contribution is -2.41. The zero-order valence-electron chi connectivity index (χ0n) is 17.8. The Balaban J connectivity index is 1.37. The SMILES string of the molecule is COc1ccc(-c2nnc(C(=O)N3CCc4[nH]cnc4C3c3cc4cccc(Cl)n4n3)o2)nc1. The Morgan fingerprint density at radius 2 is 2.15 bits per heavy atom. The van der Waals surface area contributed by atoms with Crippen molar-refractivity contribution in [2.45, 2.75) is 12.5 Å². The molecule has 12 heteroatoms. The van der Waals surface area contributed by atoms with Crippen LogP contribution in [0.25, 0.3) is 17.1 Å². The minimum Gasteiger partial charge on any atom is -0.495 e. The van der Waals surface area contributed by atoms with E-state index in [1.54, 1.807) is 41.1 Å². The highest BCUT2D eigenvalue weighted by Crippen LogP contribution is 2.34. The van der Waals surface area contributed by atoms with Crippen molar-refractivity contribution < 1.29 is 13.9 Å². The third kappa shape index (κ3) is 3.28. The van der Waals surface area contributed by atoms with Crippen LogP contribution >= 0.6 is 11.6 Å². The first-order valence-corrected chi connectivity index (χ1v) is 10.8.